The molecule has 0 aromatic heterocycles. The lowest BCUT2D eigenvalue weighted by atomic mass is 10.1. The molecule has 1 unspecified atom stereocenters. The van der Waals surface area contributed by atoms with Gasteiger partial charge in [-0.1, -0.05) is 6.92 Å². The zero-order chi connectivity index (χ0) is 14.5. The highest BCUT2D eigenvalue weighted by Gasteiger charge is 2.18. The van der Waals surface area contributed by atoms with Crippen LogP contribution in [-0.4, -0.2) is 43.9 Å². The van der Waals surface area contributed by atoms with E-state index in [1.807, 2.05) is 0 Å². The van der Waals surface area contributed by atoms with Gasteiger partial charge in [0.1, 0.15) is 5.60 Å². The first-order valence-electron chi connectivity index (χ1n) is 5.97. The SMILES string of the molecule is CCNS(=O)(=O)c1ccc(NCC(C)(O)CO)cc1. The standard InChI is InChI=1S/C12H20N2O4S/c1-3-14-19(17,18)11-6-4-10(5-7-11)13-8-12(2,16)9-15/h4-7,13-16H,3,8-9H2,1-2H3. The van der Waals surface area contributed by atoms with Gasteiger partial charge in [-0.3, -0.25) is 0 Å². The fraction of sp³-hybridized carbons (Fsp3) is 0.500. The Morgan fingerprint density at radius 3 is 2.32 bits per heavy atom. The summed E-state index contributed by atoms with van der Waals surface area (Å²) in [6.07, 6.45) is 0. The molecule has 0 saturated carbocycles. The van der Waals surface area contributed by atoms with Crippen LogP contribution in [0.5, 0.6) is 0 Å². The minimum atomic E-state index is -3.44. The largest absolute Gasteiger partial charge is 0.393 e. The van der Waals surface area contributed by atoms with Crippen molar-refractivity contribution in [2.45, 2.75) is 24.3 Å². The van der Waals surface area contributed by atoms with Crippen molar-refractivity contribution in [2.75, 3.05) is 25.0 Å². The highest BCUT2D eigenvalue weighted by molar-refractivity contribution is 7.89. The van der Waals surface area contributed by atoms with E-state index in [1.54, 1.807) is 19.1 Å². The Morgan fingerprint density at radius 2 is 1.84 bits per heavy atom. The van der Waals surface area contributed by atoms with Crippen LogP contribution >= 0.6 is 0 Å². The van der Waals surface area contributed by atoms with Gasteiger partial charge in [0.15, 0.2) is 0 Å². The Morgan fingerprint density at radius 1 is 1.26 bits per heavy atom. The first-order valence-corrected chi connectivity index (χ1v) is 7.46. The van der Waals surface area contributed by atoms with Gasteiger partial charge in [0.25, 0.3) is 0 Å². The maximum absolute atomic E-state index is 11.7. The predicted octanol–water partition coefficient (Wildman–Crippen LogP) is 0.140. The summed E-state index contributed by atoms with van der Waals surface area (Å²) in [5.41, 5.74) is -0.543. The molecule has 1 rings (SSSR count). The van der Waals surface area contributed by atoms with Crippen LogP contribution in [0.3, 0.4) is 0 Å². The number of hydrogen-bond acceptors (Lipinski definition) is 5. The number of aliphatic hydroxyl groups excluding tert-OH is 1. The second kappa shape index (κ2) is 6.33. The van der Waals surface area contributed by atoms with Gasteiger partial charge in [0.2, 0.25) is 10.0 Å². The molecular formula is C12H20N2O4S. The molecule has 0 aliphatic heterocycles. The van der Waals surface area contributed by atoms with E-state index in [9.17, 15) is 13.5 Å². The van der Waals surface area contributed by atoms with Gasteiger partial charge in [-0.05, 0) is 31.2 Å². The lowest BCUT2D eigenvalue weighted by molar-refractivity contribution is 0.0132. The van der Waals surface area contributed by atoms with Gasteiger partial charge in [-0.25, -0.2) is 13.1 Å². The molecule has 0 bridgehead atoms. The van der Waals surface area contributed by atoms with Crippen LogP contribution in [0, 0.1) is 0 Å². The highest BCUT2D eigenvalue weighted by Crippen LogP contribution is 2.14. The van der Waals surface area contributed by atoms with Crippen LogP contribution in [-0.2, 0) is 10.0 Å². The number of nitrogens with one attached hydrogen (secondary N) is 2. The normalized spacial score (nSPS) is 14.9. The topological polar surface area (TPSA) is 98.7 Å². The number of hydrogen-bond donors (Lipinski definition) is 4. The van der Waals surface area contributed by atoms with Crippen molar-refractivity contribution in [3.8, 4) is 0 Å². The second-order valence-electron chi connectivity index (χ2n) is 4.53. The average Bonchev–Trinajstić information content (AvgIpc) is 2.37. The van der Waals surface area contributed by atoms with E-state index in [4.69, 9.17) is 5.11 Å². The van der Waals surface area contributed by atoms with Gasteiger partial charge >= 0.3 is 0 Å². The molecule has 1 aromatic rings. The van der Waals surface area contributed by atoms with E-state index in [1.165, 1.54) is 19.1 Å². The maximum Gasteiger partial charge on any atom is 0.240 e. The van der Waals surface area contributed by atoms with E-state index >= 15 is 0 Å². The molecule has 0 aliphatic carbocycles. The van der Waals surface area contributed by atoms with Crippen LogP contribution in [0.15, 0.2) is 29.2 Å². The Hall–Kier alpha value is -1.15. The van der Waals surface area contributed by atoms with Crippen LogP contribution < -0.4 is 10.0 Å². The Labute approximate surface area is 113 Å². The molecule has 4 N–H and O–H groups in total. The third-order valence-corrected chi connectivity index (χ3v) is 4.07. The summed E-state index contributed by atoms with van der Waals surface area (Å²) < 4.78 is 25.8. The molecule has 108 valence electrons. The summed E-state index contributed by atoms with van der Waals surface area (Å²) in [6, 6.07) is 6.18. The lowest BCUT2D eigenvalue weighted by Gasteiger charge is -2.21. The van der Waals surface area contributed by atoms with E-state index in [-0.39, 0.29) is 18.0 Å². The Kier molecular flexibility index (Phi) is 5.30. The monoisotopic (exact) mass is 288 g/mol. The molecule has 7 heteroatoms. The molecule has 6 nitrogen and oxygen atoms in total. The molecule has 0 spiro atoms. The lowest BCUT2D eigenvalue weighted by Crippen LogP contribution is -2.37. The number of sulfonamides is 1. The quantitative estimate of drug-likeness (QED) is 0.572. The summed E-state index contributed by atoms with van der Waals surface area (Å²) in [5.74, 6) is 0. The van der Waals surface area contributed by atoms with Crippen molar-refractivity contribution < 1.29 is 18.6 Å². The molecule has 1 atom stereocenters. The molecule has 0 amide bonds. The van der Waals surface area contributed by atoms with Crippen molar-refractivity contribution in [3.05, 3.63) is 24.3 Å². The van der Waals surface area contributed by atoms with Gasteiger partial charge < -0.3 is 15.5 Å². The van der Waals surface area contributed by atoms with Crippen molar-refractivity contribution >= 4 is 15.7 Å². The first-order chi connectivity index (χ1) is 8.80. The van der Waals surface area contributed by atoms with Crippen molar-refractivity contribution in [1.29, 1.82) is 0 Å². The summed E-state index contributed by atoms with van der Waals surface area (Å²) >= 11 is 0. The van der Waals surface area contributed by atoms with E-state index in [0.29, 0.717) is 12.2 Å². The minimum absolute atomic E-state index is 0.169. The zero-order valence-corrected chi connectivity index (χ0v) is 11.9. The van der Waals surface area contributed by atoms with Gasteiger partial charge in [-0.2, -0.15) is 0 Å². The molecule has 19 heavy (non-hydrogen) atoms. The third-order valence-electron chi connectivity index (χ3n) is 2.51. The Bertz CT molecular complexity index is 497. The smallest absolute Gasteiger partial charge is 0.240 e. The highest BCUT2D eigenvalue weighted by atomic mass is 32.2. The van der Waals surface area contributed by atoms with Crippen LogP contribution in [0.4, 0.5) is 5.69 Å². The van der Waals surface area contributed by atoms with E-state index < -0.39 is 15.6 Å². The fourth-order valence-corrected chi connectivity index (χ4v) is 2.41. The van der Waals surface area contributed by atoms with Gasteiger partial charge in [0.05, 0.1) is 11.5 Å². The summed E-state index contributed by atoms with van der Waals surface area (Å²) in [7, 11) is -3.44. The van der Waals surface area contributed by atoms with Crippen molar-refractivity contribution in [2.24, 2.45) is 0 Å². The number of rotatable bonds is 7. The van der Waals surface area contributed by atoms with Crippen LogP contribution in [0.25, 0.3) is 0 Å². The molecular weight excluding hydrogens is 268 g/mol. The molecule has 1 aromatic carbocycles. The van der Waals surface area contributed by atoms with E-state index in [0.717, 1.165) is 0 Å². The predicted molar refractivity (Wildman–Crippen MR) is 73.5 cm³/mol. The third kappa shape index (κ3) is 4.79. The van der Waals surface area contributed by atoms with Gasteiger partial charge in [0, 0.05) is 18.8 Å². The molecule has 0 heterocycles. The molecule has 0 radical (unpaired) electrons. The molecule has 0 saturated heterocycles. The zero-order valence-electron chi connectivity index (χ0n) is 11.0. The first kappa shape index (κ1) is 15.9. The van der Waals surface area contributed by atoms with Crippen molar-refractivity contribution in [1.82, 2.24) is 4.72 Å². The minimum Gasteiger partial charge on any atom is -0.393 e. The number of aliphatic hydroxyl groups is 2. The maximum atomic E-state index is 11.7. The summed E-state index contributed by atoms with van der Waals surface area (Å²) in [5, 5.41) is 21.4. The molecule has 0 fully saturated rings. The number of anilines is 1. The van der Waals surface area contributed by atoms with Gasteiger partial charge in [-0.15, -0.1) is 0 Å². The van der Waals surface area contributed by atoms with Crippen molar-refractivity contribution in [3.63, 3.8) is 0 Å². The summed E-state index contributed by atoms with van der Waals surface area (Å²) in [4.78, 5) is 0.189. The van der Waals surface area contributed by atoms with Crippen LogP contribution in [0.2, 0.25) is 0 Å². The number of benzene rings is 1. The van der Waals surface area contributed by atoms with Crippen LogP contribution in [0.1, 0.15) is 13.8 Å². The molecule has 0 aliphatic rings. The second-order valence-corrected chi connectivity index (χ2v) is 6.30. The summed E-state index contributed by atoms with van der Waals surface area (Å²) in [6.45, 7) is 3.37. The average molecular weight is 288 g/mol. The Balaban J connectivity index is 2.72. The fourth-order valence-electron chi connectivity index (χ4n) is 1.37. The van der Waals surface area contributed by atoms with E-state index in [2.05, 4.69) is 10.0 Å².